The first-order valence-electron chi connectivity index (χ1n) is 5.00. The van der Waals surface area contributed by atoms with Crippen molar-refractivity contribution in [3.8, 4) is 0 Å². The molecule has 1 heterocycles. The molecule has 2 rings (SSSR count). The van der Waals surface area contributed by atoms with Crippen LogP contribution in [0.3, 0.4) is 0 Å². The van der Waals surface area contributed by atoms with Gasteiger partial charge in [0.1, 0.15) is 0 Å². The van der Waals surface area contributed by atoms with Gasteiger partial charge in [0.25, 0.3) is 0 Å². The molecule has 2 atom stereocenters. The van der Waals surface area contributed by atoms with E-state index in [0.29, 0.717) is 10.6 Å². The van der Waals surface area contributed by atoms with Gasteiger partial charge in [-0.1, -0.05) is 34.5 Å². The van der Waals surface area contributed by atoms with E-state index in [1.54, 1.807) is 0 Å². The molecule has 15 heavy (non-hydrogen) atoms. The van der Waals surface area contributed by atoms with Crippen molar-refractivity contribution in [1.29, 1.82) is 0 Å². The fourth-order valence-electron chi connectivity index (χ4n) is 1.66. The van der Waals surface area contributed by atoms with Gasteiger partial charge in [0, 0.05) is 14.7 Å². The molecule has 0 aliphatic carbocycles. The molecule has 0 saturated carbocycles. The second kappa shape index (κ2) is 5.09. The van der Waals surface area contributed by atoms with E-state index in [4.69, 9.17) is 11.6 Å². The van der Waals surface area contributed by atoms with Gasteiger partial charge in [0.05, 0.1) is 5.37 Å². The average Bonchev–Trinajstić information content (AvgIpc) is 2.22. The van der Waals surface area contributed by atoms with Crippen LogP contribution in [-0.4, -0.2) is 11.8 Å². The lowest BCUT2D eigenvalue weighted by Crippen LogP contribution is -2.29. The molecule has 0 bridgehead atoms. The summed E-state index contributed by atoms with van der Waals surface area (Å²) in [5, 5.41) is 5.37. The van der Waals surface area contributed by atoms with Crippen LogP contribution in [0.1, 0.15) is 24.3 Å². The number of hydrogen-bond donors (Lipinski definition) is 1. The SMILES string of the molecule is CC1CCNC(c2cc(Br)ccc2Cl)S1. The van der Waals surface area contributed by atoms with Gasteiger partial charge >= 0.3 is 0 Å². The molecular weight excluding hydrogens is 294 g/mol. The van der Waals surface area contributed by atoms with Crippen LogP contribution in [0.5, 0.6) is 0 Å². The van der Waals surface area contributed by atoms with Gasteiger partial charge in [0.2, 0.25) is 0 Å². The van der Waals surface area contributed by atoms with Crippen LogP contribution in [-0.2, 0) is 0 Å². The highest BCUT2D eigenvalue weighted by Gasteiger charge is 2.22. The second-order valence-corrected chi connectivity index (χ2v) is 6.61. The summed E-state index contributed by atoms with van der Waals surface area (Å²) in [6, 6.07) is 6.02. The van der Waals surface area contributed by atoms with Crippen molar-refractivity contribution in [2.45, 2.75) is 24.0 Å². The first-order chi connectivity index (χ1) is 7.16. The average molecular weight is 307 g/mol. The molecule has 1 saturated heterocycles. The summed E-state index contributed by atoms with van der Waals surface area (Å²) in [5.74, 6) is 0. The minimum Gasteiger partial charge on any atom is -0.302 e. The van der Waals surface area contributed by atoms with E-state index in [-0.39, 0.29) is 0 Å². The van der Waals surface area contributed by atoms with E-state index in [0.717, 1.165) is 16.0 Å². The van der Waals surface area contributed by atoms with Crippen LogP contribution < -0.4 is 5.32 Å². The normalized spacial score (nSPS) is 26.6. The van der Waals surface area contributed by atoms with E-state index in [1.807, 2.05) is 23.9 Å². The molecular formula is C11H13BrClNS. The Morgan fingerprint density at radius 3 is 3.07 bits per heavy atom. The van der Waals surface area contributed by atoms with Crippen molar-refractivity contribution in [3.63, 3.8) is 0 Å². The molecule has 0 amide bonds. The van der Waals surface area contributed by atoms with E-state index < -0.39 is 0 Å². The molecule has 1 aliphatic rings. The van der Waals surface area contributed by atoms with Crippen molar-refractivity contribution in [3.05, 3.63) is 33.3 Å². The highest BCUT2D eigenvalue weighted by molar-refractivity contribution is 9.10. The lowest BCUT2D eigenvalue weighted by Gasteiger charge is -2.28. The maximum absolute atomic E-state index is 6.20. The highest BCUT2D eigenvalue weighted by Crippen LogP contribution is 2.38. The summed E-state index contributed by atoms with van der Waals surface area (Å²) in [6.45, 7) is 3.34. The van der Waals surface area contributed by atoms with Crippen molar-refractivity contribution in [2.24, 2.45) is 0 Å². The fraction of sp³-hybridized carbons (Fsp3) is 0.455. The third-order valence-electron chi connectivity index (χ3n) is 2.49. The molecule has 1 aromatic carbocycles. The molecule has 0 aromatic heterocycles. The zero-order valence-electron chi connectivity index (χ0n) is 8.47. The van der Waals surface area contributed by atoms with Gasteiger partial charge in [0.15, 0.2) is 0 Å². The molecule has 1 N–H and O–H groups in total. The molecule has 4 heteroatoms. The Hall–Kier alpha value is 0.300. The predicted molar refractivity (Wildman–Crippen MR) is 71.6 cm³/mol. The number of rotatable bonds is 1. The second-order valence-electron chi connectivity index (χ2n) is 3.74. The van der Waals surface area contributed by atoms with E-state index in [2.05, 4.69) is 34.2 Å². The topological polar surface area (TPSA) is 12.0 Å². The summed E-state index contributed by atoms with van der Waals surface area (Å²) in [6.07, 6.45) is 1.23. The number of hydrogen-bond acceptors (Lipinski definition) is 2. The van der Waals surface area contributed by atoms with Crippen LogP contribution in [0, 0.1) is 0 Å². The minimum atomic E-state index is 0.332. The van der Waals surface area contributed by atoms with Crippen LogP contribution in [0.25, 0.3) is 0 Å². The van der Waals surface area contributed by atoms with Gasteiger partial charge in [-0.15, -0.1) is 11.8 Å². The Morgan fingerprint density at radius 1 is 1.53 bits per heavy atom. The van der Waals surface area contributed by atoms with Gasteiger partial charge in [-0.25, -0.2) is 0 Å². The zero-order valence-corrected chi connectivity index (χ0v) is 11.6. The van der Waals surface area contributed by atoms with E-state index in [9.17, 15) is 0 Å². The third-order valence-corrected chi connectivity index (χ3v) is 4.72. The molecule has 0 spiro atoms. The summed E-state index contributed by atoms with van der Waals surface area (Å²) >= 11 is 11.6. The predicted octanol–water partition coefficient (Wildman–Crippen LogP) is 4.22. The lowest BCUT2D eigenvalue weighted by atomic mass is 10.2. The van der Waals surface area contributed by atoms with E-state index >= 15 is 0 Å². The Balaban J connectivity index is 2.24. The summed E-state index contributed by atoms with van der Waals surface area (Å²) in [5.41, 5.74) is 1.18. The van der Waals surface area contributed by atoms with E-state index in [1.165, 1.54) is 12.0 Å². The molecule has 0 radical (unpaired) electrons. The maximum atomic E-state index is 6.20. The Bertz CT molecular complexity index is 358. The maximum Gasteiger partial charge on any atom is 0.0806 e. The molecule has 2 unspecified atom stereocenters. The lowest BCUT2D eigenvalue weighted by molar-refractivity contribution is 0.605. The summed E-state index contributed by atoms with van der Waals surface area (Å²) < 4.78 is 1.09. The van der Waals surface area contributed by atoms with Crippen molar-refractivity contribution < 1.29 is 0 Å². The van der Waals surface area contributed by atoms with Crippen LogP contribution in [0.15, 0.2) is 22.7 Å². The standard InChI is InChI=1S/C11H13BrClNS/c1-7-4-5-14-11(15-7)9-6-8(12)2-3-10(9)13/h2-3,6-7,11,14H,4-5H2,1H3. The smallest absolute Gasteiger partial charge is 0.0806 e. The Morgan fingerprint density at radius 2 is 2.33 bits per heavy atom. The van der Waals surface area contributed by atoms with Crippen LogP contribution in [0.2, 0.25) is 5.02 Å². The van der Waals surface area contributed by atoms with Gasteiger partial charge in [-0.2, -0.15) is 0 Å². The molecule has 1 aromatic rings. The quantitative estimate of drug-likeness (QED) is 0.834. The third kappa shape index (κ3) is 2.90. The number of benzene rings is 1. The Kier molecular flexibility index (Phi) is 3.99. The largest absolute Gasteiger partial charge is 0.302 e. The monoisotopic (exact) mass is 305 g/mol. The van der Waals surface area contributed by atoms with Gasteiger partial charge < -0.3 is 5.32 Å². The van der Waals surface area contributed by atoms with Gasteiger partial charge in [-0.3, -0.25) is 0 Å². The number of nitrogens with one attached hydrogen (secondary N) is 1. The molecule has 1 fully saturated rings. The Labute approximate surface area is 108 Å². The highest BCUT2D eigenvalue weighted by atomic mass is 79.9. The molecule has 82 valence electrons. The van der Waals surface area contributed by atoms with Crippen molar-refractivity contribution in [1.82, 2.24) is 5.32 Å². The number of thioether (sulfide) groups is 1. The summed E-state index contributed by atoms with van der Waals surface area (Å²) in [7, 11) is 0. The minimum absolute atomic E-state index is 0.332. The van der Waals surface area contributed by atoms with Crippen molar-refractivity contribution >= 4 is 39.3 Å². The first-order valence-corrected chi connectivity index (χ1v) is 7.12. The van der Waals surface area contributed by atoms with Crippen LogP contribution in [0.4, 0.5) is 0 Å². The zero-order chi connectivity index (χ0) is 10.8. The fourth-order valence-corrected chi connectivity index (χ4v) is 3.61. The first kappa shape index (κ1) is 11.8. The summed E-state index contributed by atoms with van der Waals surface area (Å²) in [4.78, 5) is 0. The van der Waals surface area contributed by atoms with Crippen LogP contribution >= 0.6 is 39.3 Å². The molecule has 1 nitrogen and oxygen atoms in total. The van der Waals surface area contributed by atoms with Crippen molar-refractivity contribution in [2.75, 3.05) is 6.54 Å². The number of halogens is 2. The molecule has 1 aliphatic heterocycles. The van der Waals surface area contributed by atoms with Gasteiger partial charge in [-0.05, 0) is 36.7 Å².